The van der Waals surface area contributed by atoms with Crippen LogP contribution in [0.15, 0.2) is 6.07 Å². The highest BCUT2D eigenvalue weighted by Gasteiger charge is 2.39. The predicted octanol–water partition coefficient (Wildman–Crippen LogP) is 2.03. The van der Waals surface area contributed by atoms with Gasteiger partial charge in [-0.3, -0.25) is 0 Å². The van der Waals surface area contributed by atoms with Crippen LogP contribution < -0.4 is 10.2 Å². The number of hydrogen-bond donors (Lipinski definition) is 1. The number of aromatic nitrogens is 1. The van der Waals surface area contributed by atoms with Gasteiger partial charge < -0.3 is 15.0 Å². The number of nitrogens with zero attached hydrogens (tertiary/aromatic N) is 2. The van der Waals surface area contributed by atoms with Crippen molar-refractivity contribution in [3.63, 3.8) is 0 Å². The molecule has 0 spiro atoms. The van der Waals surface area contributed by atoms with Gasteiger partial charge in [-0.2, -0.15) is 0 Å². The largest absolute Gasteiger partial charge is 0.367 e. The summed E-state index contributed by atoms with van der Waals surface area (Å²) in [5.74, 6) is 1.71. The van der Waals surface area contributed by atoms with Gasteiger partial charge in [0.05, 0.1) is 12.3 Å². The van der Waals surface area contributed by atoms with Crippen molar-refractivity contribution in [1.29, 1.82) is 0 Å². The van der Waals surface area contributed by atoms with Crippen molar-refractivity contribution < 1.29 is 4.74 Å². The molecule has 108 valence electrons. The Morgan fingerprint density at radius 2 is 2.20 bits per heavy atom. The first-order chi connectivity index (χ1) is 9.65. The second kappa shape index (κ2) is 4.43. The fourth-order valence-corrected chi connectivity index (χ4v) is 3.93. The van der Waals surface area contributed by atoms with Crippen LogP contribution in [0.3, 0.4) is 0 Å². The summed E-state index contributed by atoms with van der Waals surface area (Å²) in [6.45, 7) is 9.58. The van der Waals surface area contributed by atoms with Crippen molar-refractivity contribution in [1.82, 2.24) is 10.3 Å². The summed E-state index contributed by atoms with van der Waals surface area (Å²) in [4.78, 5) is 7.57. The Labute approximate surface area is 120 Å². The van der Waals surface area contributed by atoms with Crippen molar-refractivity contribution in [3.8, 4) is 0 Å². The van der Waals surface area contributed by atoms with Gasteiger partial charge in [0.1, 0.15) is 11.9 Å². The highest BCUT2D eigenvalue weighted by atomic mass is 16.5. The highest BCUT2D eigenvalue weighted by molar-refractivity contribution is 5.58. The molecule has 4 heterocycles. The molecule has 1 saturated heterocycles. The number of rotatable bonds is 1. The molecule has 20 heavy (non-hydrogen) atoms. The maximum Gasteiger partial charge on any atom is 0.132 e. The summed E-state index contributed by atoms with van der Waals surface area (Å²) >= 11 is 0. The standard InChI is InChI=1S/C16H23N3O/c1-9(2)15-14-12(8-20-15)4-11-5-13-7-17-6-10(3)19(13)16(11)18-14/h4,9-10,13,15,17H,5-8H2,1-3H3/t10-,13-,15+/m1/s1. The molecule has 3 atom stereocenters. The van der Waals surface area contributed by atoms with Gasteiger partial charge in [0.25, 0.3) is 0 Å². The molecule has 0 unspecified atom stereocenters. The van der Waals surface area contributed by atoms with Crippen LogP contribution >= 0.6 is 0 Å². The summed E-state index contributed by atoms with van der Waals surface area (Å²) in [7, 11) is 0. The van der Waals surface area contributed by atoms with Gasteiger partial charge in [-0.25, -0.2) is 4.98 Å². The maximum atomic E-state index is 5.93. The smallest absolute Gasteiger partial charge is 0.132 e. The van der Waals surface area contributed by atoms with Gasteiger partial charge in [0, 0.05) is 30.7 Å². The van der Waals surface area contributed by atoms with Crippen molar-refractivity contribution in [3.05, 3.63) is 22.9 Å². The van der Waals surface area contributed by atoms with Crippen molar-refractivity contribution >= 4 is 5.82 Å². The van der Waals surface area contributed by atoms with E-state index >= 15 is 0 Å². The quantitative estimate of drug-likeness (QED) is 0.849. The van der Waals surface area contributed by atoms with Crippen LogP contribution in [0.4, 0.5) is 5.82 Å². The van der Waals surface area contributed by atoms with E-state index < -0.39 is 0 Å². The van der Waals surface area contributed by atoms with E-state index in [1.54, 1.807) is 0 Å². The molecular weight excluding hydrogens is 250 g/mol. The first-order valence-electron chi connectivity index (χ1n) is 7.78. The molecule has 1 N–H and O–H groups in total. The number of ether oxygens (including phenoxy) is 1. The first-order valence-corrected chi connectivity index (χ1v) is 7.78. The molecule has 4 rings (SSSR count). The van der Waals surface area contributed by atoms with Crippen LogP contribution in [0, 0.1) is 5.92 Å². The summed E-state index contributed by atoms with van der Waals surface area (Å²) in [5, 5.41) is 3.53. The topological polar surface area (TPSA) is 37.4 Å². The number of pyridine rings is 1. The average Bonchev–Trinajstić information content (AvgIpc) is 2.96. The van der Waals surface area contributed by atoms with E-state index in [4.69, 9.17) is 9.72 Å². The van der Waals surface area contributed by atoms with Gasteiger partial charge in [-0.15, -0.1) is 0 Å². The Bertz CT molecular complexity index is 543. The molecule has 4 heteroatoms. The van der Waals surface area contributed by atoms with Gasteiger partial charge in [-0.1, -0.05) is 13.8 Å². The summed E-state index contributed by atoms with van der Waals surface area (Å²) < 4.78 is 5.93. The number of fused-ring (bicyclic) bond motifs is 4. The summed E-state index contributed by atoms with van der Waals surface area (Å²) in [6.07, 6.45) is 1.30. The van der Waals surface area contributed by atoms with Crippen LogP contribution in [0.1, 0.15) is 43.7 Å². The molecule has 1 aromatic heterocycles. The minimum absolute atomic E-state index is 0.174. The van der Waals surface area contributed by atoms with E-state index in [9.17, 15) is 0 Å². The van der Waals surface area contributed by atoms with E-state index in [1.807, 2.05) is 0 Å². The second-order valence-corrected chi connectivity index (χ2v) is 6.76. The molecule has 0 aliphatic carbocycles. The third-order valence-electron chi connectivity index (χ3n) is 4.87. The lowest BCUT2D eigenvalue weighted by Crippen LogP contribution is -2.55. The van der Waals surface area contributed by atoms with Crippen molar-refractivity contribution in [2.24, 2.45) is 5.92 Å². The fourth-order valence-electron chi connectivity index (χ4n) is 3.93. The minimum Gasteiger partial charge on any atom is -0.367 e. The Hall–Kier alpha value is -1.13. The van der Waals surface area contributed by atoms with Crippen molar-refractivity contribution in [2.75, 3.05) is 18.0 Å². The number of piperazine rings is 1. The molecule has 0 aromatic carbocycles. The van der Waals surface area contributed by atoms with E-state index in [-0.39, 0.29) is 6.10 Å². The molecule has 4 nitrogen and oxygen atoms in total. The van der Waals surface area contributed by atoms with E-state index in [1.165, 1.54) is 22.6 Å². The van der Waals surface area contributed by atoms with Crippen LogP contribution in [-0.4, -0.2) is 30.2 Å². The molecule has 1 fully saturated rings. The summed E-state index contributed by atoms with van der Waals surface area (Å²) in [6, 6.07) is 3.47. The SMILES string of the molecule is CC(C)[C@@H]1OCc2cc3c(nc21)N1[C@@H](CNC[C@H]1C)C3. The Morgan fingerprint density at radius 3 is 3.00 bits per heavy atom. The van der Waals surface area contributed by atoms with Crippen LogP contribution in [-0.2, 0) is 17.8 Å². The van der Waals surface area contributed by atoms with E-state index in [2.05, 4.69) is 37.1 Å². The fraction of sp³-hybridized carbons (Fsp3) is 0.688. The number of hydrogen-bond acceptors (Lipinski definition) is 4. The lowest BCUT2D eigenvalue weighted by atomic mass is 10.0. The molecule has 0 saturated carbocycles. The van der Waals surface area contributed by atoms with Gasteiger partial charge in [-0.05, 0) is 30.9 Å². The normalized spacial score (nSPS) is 31.4. The average molecular weight is 273 g/mol. The van der Waals surface area contributed by atoms with E-state index in [0.29, 0.717) is 18.0 Å². The summed E-state index contributed by atoms with van der Waals surface area (Å²) in [5.41, 5.74) is 3.91. The maximum absolute atomic E-state index is 5.93. The van der Waals surface area contributed by atoms with E-state index in [0.717, 1.165) is 26.1 Å². The zero-order valence-corrected chi connectivity index (χ0v) is 12.5. The molecule has 1 aromatic rings. The van der Waals surface area contributed by atoms with Gasteiger partial charge in [0.15, 0.2) is 0 Å². The van der Waals surface area contributed by atoms with Crippen LogP contribution in [0.25, 0.3) is 0 Å². The second-order valence-electron chi connectivity index (χ2n) is 6.76. The van der Waals surface area contributed by atoms with Crippen LogP contribution in [0.2, 0.25) is 0 Å². The minimum atomic E-state index is 0.174. The molecular formula is C16H23N3O. The van der Waals surface area contributed by atoms with Crippen LogP contribution in [0.5, 0.6) is 0 Å². The molecule has 0 bridgehead atoms. The predicted molar refractivity (Wildman–Crippen MR) is 78.9 cm³/mol. The zero-order valence-electron chi connectivity index (χ0n) is 12.5. The third kappa shape index (κ3) is 1.71. The first kappa shape index (κ1) is 12.6. The Morgan fingerprint density at radius 1 is 1.35 bits per heavy atom. The number of nitrogens with one attached hydrogen (secondary N) is 1. The Kier molecular flexibility index (Phi) is 2.79. The third-order valence-corrected chi connectivity index (χ3v) is 4.87. The lowest BCUT2D eigenvalue weighted by molar-refractivity contribution is 0.0322. The Balaban J connectivity index is 1.77. The molecule has 3 aliphatic heterocycles. The number of anilines is 1. The van der Waals surface area contributed by atoms with Gasteiger partial charge >= 0.3 is 0 Å². The molecule has 0 radical (unpaired) electrons. The monoisotopic (exact) mass is 273 g/mol. The molecule has 3 aliphatic rings. The lowest BCUT2D eigenvalue weighted by Gasteiger charge is -2.37. The van der Waals surface area contributed by atoms with Crippen molar-refractivity contribution in [2.45, 2.75) is 52.0 Å². The van der Waals surface area contributed by atoms with Gasteiger partial charge in [0.2, 0.25) is 0 Å². The zero-order chi connectivity index (χ0) is 13.9. The molecule has 0 amide bonds. The highest BCUT2D eigenvalue weighted by Crippen LogP contribution is 2.41.